The van der Waals surface area contributed by atoms with Crippen LogP contribution in [0.2, 0.25) is 5.02 Å². The van der Waals surface area contributed by atoms with Crippen molar-refractivity contribution in [2.75, 3.05) is 7.11 Å². The molecule has 6 heteroatoms. The van der Waals surface area contributed by atoms with Crippen molar-refractivity contribution in [3.8, 4) is 0 Å². The molecule has 0 bridgehead atoms. The van der Waals surface area contributed by atoms with E-state index in [-0.39, 0.29) is 5.02 Å². The zero-order chi connectivity index (χ0) is 11.6. The highest BCUT2D eigenvalue weighted by Gasteiger charge is 2.18. The van der Waals surface area contributed by atoms with Crippen molar-refractivity contribution in [2.24, 2.45) is 0 Å². The summed E-state index contributed by atoms with van der Waals surface area (Å²) in [6.07, 6.45) is 1.31. The largest absolute Gasteiger partial charge is 0.377 e. The van der Waals surface area contributed by atoms with E-state index in [0.717, 1.165) is 0 Å². The van der Waals surface area contributed by atoms with Crippen LogP contribution in [0.5, 0.6) is 0 Å². The maximum absolute atomic E-state index is 11.4. The second kappa shape index (κ2) is 4.20. The molecule has 15 heavy (non-hydrogen) atoms. The van der Waals surface area contributed by atoms with Gasteiger partial charge in [0.15, 0.2) is 0 Å². The quantitative estimate of drug-likeness (QED) is 0.831. The molecule has 1 aromatic rings. The predicted octanol–water partition coefficient (Wildman–Crippen LogP) is 0.615. The Morgan fingerprint density at radius 3 is 2.67 bits per heavy atom. The molecule has 0 saturated heterocycles. The van der Waals surface area contributed by atoms with Crippen LogP contribution in [0.1, 0.15) is 13.8 Å². The van der Waals surface area contributed by atoms with Gasteiger partial charge in [0.2, 0.25) is 0 Å². The third-order valence-corrected chi connectivity index (χ3v) is 2.34. The number of nitrogens with one attached hydrogen (secondary N) is 1. The first kappa shape index (κ1) is 12.0. The summed E-state index contributed by atoms with van der Waals surface area (Å²) in [4.78, 5) is 24.5. The topological polar surface area (TPSA) is 64.1 Å². The molecule has 0 unspecified atom stereocenters. The number of nitrogens with zero attached hydrogens (tertiary/aromatic N) is 1. The fourth-order valence-electron chi connectivity index (χ4n) is 1.07. The maximum Gasteiger partial charge on any atom is 0.328 e. The molecule has 1 aromatic heterocycles. The molecule has 0 aliphatic rings. The van der Waals surface area contributed by atoms with E-state index in [1.165, 1.54) is 10.8 Å². The van der Waals surface area contributed by atoms with Gasteiger partial charge in [-0.2, -0.15) is 0 Å². The summed E-state index contributed by atoms with van der Waals surface area (Å²) >= 11 is 5.61. The Bertz CT molecular complexity index is 461. The SMILES string of the molecule is COC(C)(C)Cn1cc(Cl)c(=O)[nH]c1=O. The average molecular weight is 233 g/mol. The zero-order valence-corrected chi connectivity index (χ0v) is 9.59. The molecule has 0 aromatic carbocycles. The Hall–Kier alpha value is -1.07. The third kappa shape index (κ3) is 2.94. The lowest BCUT2D eigenvalue weighted by atomic mass is 10.1. The van der Waals surface area contributed by atoms with Crippen LogP contribution in [0, 0.1) is 0 Å². The lowest BCUT2D eigenvalue weighted by Crippen LogP contribution is -2.37. The lowest BCUT2D eigenvalue weighted by molar-refractivity contribution is 0.00706. The van der Waals surface area contributed by atoms with E-state index in [9.17, 15) is 9.59 Å². The third-order valence-electron chi connectivity index (χ3n) is 2.07. The summed E-state index contributed by atoms with van der Waals surface area (Å²) in [5, 5.41) is -0.0125. The minimum atomic E-state index is -0.576. The van der Waals surface area contributed by atoms with E-state index in [1.807, 2.05) is 13.8 Å². The molecule has 5 nitrogen and oxygen atoms in total. The van der Waals surface area contributed by atoms with Gasteiger partial charge >= 0.3 is 5.69 Å². The van der Waals surface area contributed by atoms with E-state index in [2.05, 4.69) is 4.98 Å². The van der Waals surface area contributed by atoms with Crippen molar-refractivity contribution in [2.45, 2.75) is 26.0 Å². The number of hydrogen-bond donors (Lipinski definition) is 1. The van der Waals surface area contributed by atoms with E-state index in [0.29, 0.717) is 6.54 Å². The Labute approximate surface area is 91.6 Å². The maximum atomic E-state index is 11.4. The van der Waals surface area contributed by atoms with Gasteiger partial charge in [-0.15, -0.1) is 0 Å². The number of rotatable bonds is 3. The van der Waals surface area contributed by atoms with E-state index in [1.54, 1.807) is 7.11 Å². The van der Waals surface area contributed by atoms with Crippen molar-refractivity contribution >= 4 is 11.6 Å². The number of aromatic nitrogens is 2. The van der Waals surface area contributed by atoms with Crippen LogP contribution in [-0.2, 0) is 11.3 Å². The van der Waals surface area contributed by atoms with Crippen LogP contribution in [0.4, 0.5) is 0 Å². The van der Waals surface area contributed by atoms with Gasteiger partial charge in [-0.1, -0.05) is 11.6 Å². The van der Waals surface area contributed by atoms with Crippen LogP contribution in [-0.4, -0.2) is 22.3 Å². The fraction of sp³-hybridized carbons (Fsp3) is 0.556. The van der Waals surface area contributed by atoms with Gasteiger partial charge in [-0.25, -0.2) is 4.79 Å². The van der Waals surface area contributed by atoms with Crippen LogP contribution in [0.15, 0.2) is 15.8 Å². The number of aromatic amines is 1. The Balaban J connectivity index is 3.12. The van der Waals surface area contributed by atoms with Gasteiger partial charge in [-0.05, 0) is 13.8 Å². The first-order chi connectivity index (χ1) is 6.85. The lowest BCUT2D eigenvalue weighted by Gasteiger charge is -2.23. The number of methoxy groups -OCH3 is 1. The van der Waals surface area contributed by atoms with Crippen molar-refractivity contribution < 1.29 is 4.74 Å². The molecule has 0 fully saturated rings. The monoisotopic (exact) mass is 232 g/mol. The summed E-state index contributed by atoms with van der Waals surface area (Å²) in [5.41, 5.74) is -1.56. The zero-order valence-electron chi connectivity index (χ0n) is 8.83. The number of H-pyrrole nitrogens is 1. The number of hydrogen-bond acceptors (Lipinski definition) is 3. The highest BCUT2D eigenvalue weighted by molar-refractivity contribution is 6.30. The molecule has 0 radical (unpaired) electrons. The summed E-state index contributed by atoms with van der Waals surface area (Å²) in [5.74, 6) is 0. The molecule has 1 N–H and O–H groups in total. The van der Waals surface area contributed by atoms with Gasteiger partial charge in [0.1, 0.15) is 5.02 Å². The van der Waals surface area contributed by atoms with Crippen LogP contribution < -0.4 is 11.2 Å². The Morgan fingerprint density at radius 1 is 1.53 bits per heavy atom. The summed E-state index contributed by atoms with van der Waals surface area (Å²) in [6.45, 7) is 3.98. The smallest absolute Gasteiger partial charge is 0.328 e. The molecule has 0 atom stereocenters. The number of halogens is 1. The molecule has 0 amide bonds. The molecule has 0 spiro atoms. The molecule has 0 aliphatic heterocycles. The van der Waals surface area contributed by atoms with Gasteiger partial charge in [-0.3, -0.25) is 14.3 Å². The second-order valence-electron chi connectivity index (χ2n) is 3.83. The normalized spacial score (nSPS) is 11.7. The summed E-state index contributed by atoms with van der Waals surface area (Å²) in [6, 6.07) is 0. The highest BCUT2D eigenvalue weighted by Crippen LogP contribution is 2.09. The molecular formula is C9H13ClN2O3. The molecular weight excluding hydrogens is 220 g/mol. The van der Waals surface area contributed by atoms with Gasteiger partial charge in [0, 0.05) is 13.3 Å². The highest BCUT2D eigenvalue weighted by atomic mass is 35.5. The molecule has 0 aliphatic carbocycles. The Kier molecular flexibility index (Phi) is 3.36. The standard InChI is InChI=1S/C9H13ClN2O3/c1-9(2,15-3)5-12-4-6(10)7(13)11-8(12)14/h4H,5H2,1-3H3,(H,11,13,14). The van der Waals surface area contributed by atoms with Crippen molar-refractivity contribution in [3.05, 3.63) is 32.1 Å². The van der Waals surface area contributed by atoms with Crippen molar-refractivity contribution in [1.29, 1.82) is 0 Å². The fourth-order valence-corrected chi connectivity index (χ4v) is 1.24. The van der Waals surface area contributed by atoms with E-state index in [4.69, 9.17) is 16.3 Å². The van der Waals surface area contributed by atoms with E-state index >= 15 is 0 Å². The average Bonchev–Trinajstić information content (AvgIpc) is 2.14. The molecule has 84 valence electrons. The first-order valence-corrected chi connectivity index (χ1v) is 4.78. The predicted molar refractivity (Wildman–Crippen MR) is 57.4 cm³/mol. The van der Waals surface area contributed by atoms with Crippen LogP contribution >= 0.6 is 11.6 Å². The van der Waals surface area contributed by atoms with Crippen molar-refractivity contribution in [1.82, 2.24) is 9.55 Å². The molecule has 0 saturated carbocycles. The minimum absolute atomic E-state index is 0.0125. The van der Waals surface area contributed by atoms with Crippen LogP contribution in [0.3, 0.4) is 0 Å². The minimum Gasteiger partial charge on any atom is -0.377 e. The van der Waals surface area contributed by atoms with Crippen molar-refractivity contribution in [3.63, 3.8) is 0 Å². The number of ether oxygens (including phenoxy) is 1. The van der Waals surface area contributed by atoms with Gasteiger partial charge < -0.3 is 4.74 Å². The van der Waals surface area contributed by atoms with E-state index < -0.39 is 16.9 Å². The van der Waals surface area contributed by atoms with Gasteiger partial charge in [0.05, 0.1) is 12.1 Å². The Morgan fingerprint density at radius 2 is 2.13 bits per heavy atom. The summed E-state index contributed by atoms with van der Waals surface area (Å²) in [7, 11) is 1.55. The van der Waals surface area contributed by atoms with Crippen LogP contribution in [0.25, 0.3) is 0 Å². The second-order valence-corrected chi connectivity index (χ2v) is 4.24. The molecule has 1 heterocycles. The molecule has 1 rings (SSSR count). The van der Waals surface area contributed by atoms with Gasteiger partial charge in [0.25, 0.3) is 5.56 Å². The first-order valence-electron chi connectivity index (χ1n) is 4.40. The summed E-state index contributed by atoms with van der Waals surface area (Å²) < 4.78 is 6.48.